The van der Waals surface area contributed by atoms with Crippen LogP contribution in [0.5, 0.6) is 0 Å². The van der Waals surface area contributed by atoms with E-state index in [2.05, 4.69) is 48.2 Å². The fraction of sp³-hybridized carbons (Fsp3) is 0.391. The Hall–Kier alpha value is -2.46. The molecule has 4 rings (SSSR count). The van der Waals surface area contributed by atoms with Crippen molar-refractivity contribution >= 4 is 11.6 Å². The minimum atomic E-state index is -0.0157. The molecule has 27 heavy (non-hydrogen) atoms. The van der Waals surface area contributed by atoms with Crippen LogP contribution in [0.15, 0.2) is 59.7 Å². The van der Waals surface area contributed by atoms with E-state index >= 15 is 0 Å². The Morgan fingerprint density at radius 1 is 1.00 bits per heavy atom. The Morgan fingerprint density at radius 3 is 2.41 bits per heavy atom. The second kappa shape index (κ2) is 8.05. The molecule has 0 spiro atoms. The van der Waals surface area contributed by atoms with Gasteiger partial charge >= 0.3 is 0 Å². The number of hydrazone groups is 1. The molecule has 4 nitrogen and oxygen atoms in total. The molecule has 2 aliphatic rings. The average molecular weight is 361 g/mol. The number of piperidine rings is 1. The lowest BCUT2D eigenvalue weighted by molar-refractivity contribution is -0.134. The van der Waals surface area contributed by atoms with Crippen LogP contribution < -0.4 is 0 Å². The summed E-state index contributed by atoms with van der Waals surface area (Å²) in [6.07, 6.45) is 4.41. The molecule has 0 bridgehead atoms. The summed E-state index contributed by atoms with van der Waals surface area (Å²) < 4.78 is 0. The van der Waals surface area contributed by atoms with Crippen molar-refractivity contribution in [2.24, 2.45) is 5.10 Å². The van der Waals surface area contributed by atoms with E-state index in [-0.39, 0.29) is 11.9 Å². The zero-order valence-electron chi connectivity index (χ0n) is 16.0. The van der Waals surface area contributed by atoms with Crippen LogP contribution in [0.25, 0.3) is 0 Å². The van der Waals surface area contributed by atoms with Gasteiger partial charge in [0.15, 0.2) is 0 Å². The quantitative estimate of drug-likeness (QED) is 0.820. The van der Waals surface area contributed by atoms with Crippen LogP contribution in [-0.4, -0.2) is 41.2 Å². The molecule has 140 valence electrons. The summed E-state index contributed by atoms with van der Waals surface area (Å²) in [6.45, 7) is 4.59. The molecular weight excluding hydrogens is 334 g/mol. The number of hydrogen-bond acceptors (Lipinski definition) is 3. The molecule has 1 fully saturated rings. The van der Waals surface area contributed by atoms with Crippen LogP contribution in [0.4, 0.5) is 0 Å². The van der Waals surface area contributed by atoms with E-state index in [1.165, 1.54) is 24.8 Å². The van der Waals surface area contributed by atoms with Crippen molar-refractivity contribution < 1.29 is 4.79 Å². The SMILES string of the molecule is Cc1ccc([C@@H]2CC(c3ccccc3)=NN2C(=O)CN2CCCCC2)cc1. The van der Waals surface area contributed by atoms with Gasteiger partial charge in [0.1, 0.15) is 0 Å². The molecule has 0 saturated carbocycles. The van der Waals surface area contributed by atoms with E-state index in [0.717, 1.165) is 36.3 Å². The number of aryl methyl sites for hydroxylation is 1. The molecule has 2 aromatic rings. The van der Waals surface area contributed by atoms with E-state index in [1.54, 1.807) is 5.01 Å². The molecular formula is C23H27N3O. The van der Waals surface area contributed by atoms with Gasteiger partial charge in [0.25, 0.3) is 5.91 Å². The lowest BCUT2D eigenvalue weighted by atomic mass is 9.97. The number of rotatable bonds is 4. The van der Waals surface area contributed by atoms with Gasteiger partial charge in [0.05, 0.1) is 18.3 Å². The third kappa shape index (κ3) is 4.11. The van der Waals surface area contributed by atoms with Gasteiger partial charge in [-0.15, -0.1) is 0 Å². The second-order valence-corrected chi connectivity index (χ2v) is 7.62. The molecule has 4 heteroatoms. The minimum absolute atomic E-state index is 0.0157. The minimum Gasteiger partial charge on any atom is -0.294 e. The molecule has 0 N–H and O–H groups in total. The molecule has 2 heterocycles. The number of carbonyl (C=O) groups is 1. The number of nitrogens with zero attached hydrogens (tertiary/aromatic N) is 3. The first-order chi connectivity index (χ1) is 13.2. The molecule has 0 radical (unpaired) electrons. The monoisotopic (exact) mass is 361 g/mol. The molecule has 1 atom stereocenters. The number of likely N-dealkylation sites (tertiary alicyclic amines) is 1. The van der Waals surface area contributed by atoms with Crippen LogP contribution in [0.3, 0.4) is 0 Å². The molecule has 2 aromatic carbocycles. The second-order valence-electron chi connectivity index (χ2n) is 7.62. The lowest BCUT2D eigenvalue weighted by Gasteiger charge is -2.29. The van der Waals surface area contributed by atoms with Crippen molar-refractivity contribution in [3.8, 4) is 0 Å². The molecule has 0 aromatic heterocycles. The summed E-state index contributed by atoms with van der Waals surface area (Å²) in [5.74, 6) is 0.105. The Kier molecular flexibility index (Phi) is 5.35. The predicted molar refractivity (Wildman–Crippen MR) is 109 cm³/mol. The molecule has 0 aliphatic carbocycles. The molecule has 2 aliphatic heterocycles. The highest BCUT2D eigenvalue weighted by atomic mass is 16.2. The number of carbonyl (C=O) groups excluding carboxylic acids is 1. The Labute approximate surface area is 161 Å². The fourth-order valence-corrected chi connectivity index (χ4v) is 3.97. The van der Waals surface area contributed by atoms with Crippen molar-refractivity contribution in [2.45, 2.75) is 38.6 Å². The summed E-state index contributed by atoms with van der Waals surface area (Å²) in [4.78, 5) is 15.4. The van der Waals surface area contributed by atoms with Crippen molar-refractivity contribution in [3.63, 3.8) is 0 Å². The topological polar surface area (TPSA) is 35.9 Å². The van der Waals surface area contributed by atoms with E-state index in [9.17, 15) is 4.79 Å². The first kappa shape index (κ1) is 17.9. The Morgan fingerprint density at radius 2 is 1.70 bits per heavy atom. The first-order valence-corrected chi connectivity index (χ1v) is 9.94. The fourth-order valence-electron chi connectivity index (χ4n) is 3.97. The smallest absolute Gasteiger partial charge is 0.257 e. The van der Waals surface area contributed by atoms with Crippen molar-refractivity contribution in [2.75, 3.05) is 19.6 Å². The summed E-state index contributed by atoms with van der Waals surface area (Å²) >= 11 is 0. The van der Waals surface area contributed by atoms with Gasteiger partial charge in [0.2, 0.25) is 0 Å². The van der Waals surface area contributed by atoms with Crippen LogP contribution in [0, 0.1) is 6.92 Å². The highest BCUT2D eigenvalue weighted by molar-refractivity contribution is 6.03. The zero-order chi connectivity index (χ0) is 18.6. The van der Waals surface area contributed by atoms with Gasteiger partial charge in [-0.3, -0.25) is 9.69 Å². The summed E-state index contributed by atoms with van der Waals surface area (Å²) in [5.41, 5.74) is 4.48. The third-order valence-corrected chi connectivity index (χ3v) is 5.54. The van der Waals surface area contributed by atoms with E-state index in [1.807, 2.05) is 18.2 Å². The maximum absolute atomic E-state index is 13.1. The van der Waals surface area contributed by atoms with E-state index in [4.69, 9.17) is 5.10 Å². The van der Waals surface area contributed by atoms with Gasteiger partial charge in [-0.05, 0) is 44.0 Å². The zero-order valence-corrected chi connectivity index (χ0v) is 16.0. The van der Waals surface area contributed by atoms with Crippen molar-refractivity contribution in [1.82, 2.24) is 9.91 Å². The number of benzene rings is 2. The number of amides is 1. The van der Waals surface area contributed by atoms with Crippen LogP contribution >= 0.6 is 0 Å². The molecule has 0 unspecified atom stereocenters. The standard InChI is InChI=1S/C23H27N3O/c1-18-10-12-20(13-11-18)22-16-21(19-8-4-2-5-9-19)24-26(22)23(27)17-25-14-6-3-7-15-25/h2,4-5,8-13,22H,3,6-7,14-17H2,1H3/t22-/m0/s1. The lowest BCUT2D eigenvalue weighted by Crippen LogP contribution is -2.40. The largest absolute Gasteiger partial charge is 0.294 e. The maximum Gasteiger partial charge on any atom is 0.257 e. The van der Waals surface area contributed by atoms with Gasteiger partial charge in [-0.2, -0.15) is 5.10 Å². The summed E-state index contributed by atoms with van der Waals surface area (Å²) in [7, 11) is 0. The maximum atomic E-state index is 13.1. The van der Waals surface area contributed by atoms with E-state index < -0.39 is 0 Å². The molecule has 1 amide bonds. The van der Waals surface area contributed by atoms with Crippen LogP contribution in [0.2, 0.25) is 0 Å². The summed E-state index contributed by atoms with van der Waals surface area (Å²) in [6, 6.07) is 18.7. The average Bonchev–Trinajstić information content (AvgIpc) is 3.16. The van der Waals surface area contributed by atoms with Crippen molar-refractivity contribution in [1.29, 1.82) is 0 Å². The Bertz CT molecular complexity index is 807. The predicted octanol–water partition coefficient (Wildman–Crippen LogP) is 4.16. The third-order valence-electron chi connectivity index (χ3n) is 5.54. The number of hydrogen-bond donors (Lipinski definition) is 0. The van der Waals surface area contributed by atoms with Gasteiger partial charge < -0.3 is 0 Å². The van der Waals surface area contributed by atoms with Crippen molar-refractivity contribution in [3.05, 3.63) is 71.3 Å². The van der Waals surface area contributed by atoms with Gasteiger partial charge in [0, 0.05) is 6.42 Å². The highest BCUT2D eigenvalue weighted by Crippen LogP contribution is 2.33. The molecule has 1 saturated heterocycles. The Balaban J connectivity index is 1.59. The van der Waals surface area contributed by atoms with E-state index in [0.29, 0.717) is 6.54 Å². The van der Waals surface area contributed by atoms with Crippen LogP contribution in [0.1, 0.15) is 48.4 Å². The normalized spacial score (nSPS) is 20.6. The first-order valence-electron chi connectivity index (χ1n) is 9.94. The van der Waals surface area contributed by atoms with Gasteiger partial charge in [-0.25, -0.2) is 5.01 Å². The summed E-state index contributed by atoms with van der Waals surface area (Å²) in [5, 5.41) is 6.52. The van der Waals surface area contributed by atoms with Crippen LogP contribution in [-0.2, 0) is 4.79 Å². The highest BCUT2D eigenvalue weighted by Gasteiger charge is 2.33. The van der Waals surface area contributed by atoms with Gasteiger partial charge in [-0.1, -0.05) is 66.6 Å².